The molecule has 1 saturated heterocycles. The SMILES string of the molecule is CC(=O)N1CCN(c2ccc(C(C/C(=N\O)c3ccnc(C)c3)c3ccc(F)cc3F)cn2)CC1. The largest absolute Gasteiger partial charge is 0.411 e. The second-order valence-electron chi connectivity index (χ2n) is 8.60. The highest BCUT2D eigenvalue weighted by Gasteiger charge is 2.24. The summed E-state index contributed by atoms with van der Waals surface area (Å²) in [6.45, 7) is 5.99. The number of halogens is 2. The monoisotopic (exact) mass is 479 g/mol. The van der Waals surface area contributed by atoms with Crippen molar-refractivity contribution in [1.29, 1.82) is 0 Å². The molecular weight excluding hydrogens is 452 g/mol. The van der Waals surface area contributed by atoms with E-state index < -0.39 is 17.6 Å². The second kappa shape index (κ2) is 10.6. The Hall–Kier alpha value is -3.88. The van der Waals surface area contributed by atoms with Crippen LogP contribution in [0.2, 0.25) is 0 Å². The van der Waals surface area contributed by atoms with E-state index >= 15 is 0 Å². The number of aryl methyl sites for hydroxylation is 1. The number of carbonyl (C=O) groups excluding carboxylic acids is 1. The fourth-order valence-electron chi connectivity index (χ4n) is 4.37. The molecule has 182 valence electrons. The maximum absolute atomic E-state index is 14.9. The van der Waals surface area contributed by atoms with Crippen LogP contribution in [0.5, 0.6) is 0 Å². The van der Waals surface area contributed by atoms with E-state index in [9.17, 15) is 18.8 Å². The minimum absolute atomic E-state index is 0.0582. The van der Waals surface area contributed by atoms with Gasteiger partial charge >= 0.3 is 0 Å². The number of rotatable bonds is 6. The molecule has 1 aliphatic heterocycles. The van der Waals surface area contributed by atoms with Crippen molar-refractivity contribution >= 4 is 17.4 Å². The molecule has 1 amide bonds. The van der Waals surface area contributed by atoms with Crippen LogP contribution in [0.3, 0.4) is 0 Å². The smallest absolute Gasteiger partial charge is 0.219 e. The molecule has 1 fully saturated rings. The molecule has 0 saturated carbocycles. The number of benzene rings is 1. The zero-order chi connectivity index (χ0) is 24.9. The van der Waals surface area contributed by atoms with Gasteiger partial charge in [-0.15, -0.1) is 0 Å². The molecule has 3 heterocycles. The average Bonchev–Trinajstić information content (AvgIpc) is 2.86. The van der Waals surface area contributed by atoms with Crippen LogP contribution < -0.4 is 4.90 Å². The Bertz CT molecular complexity index is 1220. The first kappa shape index (κ1) is 24.3. The highest BCUT2D eigenvalue weighted by Crippen LogP contribution is 2.32. The topological polar surface area (TPSA) is 81.9 Å². The molecule has 35 heavy (non-hydrogen) atoms. The van der Waals surface area contributed by atoms with E-state index in [0.29, 0.717) is 43.0 Å². The van der Waals surface area contributed by atoms with Crippen molar-refractivity contribution in [3.8, 4) is 0 Å². The Morgan fingerprint density at radius 1 is 1.09 bits per heavy atom. The van der Waals surface area contributed by atoms with Crippen molar-refractivity contribution in [1.82, 2.24) is 14.9 Å². The molecule has 0 radical (unpaired) electrons. The zero-order valence-electron chi connectivity index (χ0n) is 19.7. The number of hydrogen-bond donors (Lipinski definition) is 1. The fraction of sp³-hybridized carbons (Fsp3) is 0.308. The Morgan fingerprint density at radius 3 is 2.46 bits per heavy atom. The van der Waals surface area contributed by atoms with Gasteiger partial charge < -0.3 is 15.0 Å². The summed E-state index contributed by atoms with van der Waals surface area (Å²) in [6.07, 6.45) is 3.46. The van der Waals surface area contributed by atoms with Crippen molar-refractivity contribution in [2.75, 3.05) is 31.1 Å². The lowest BCUT2D eigenvalue weighted by atomic mass is 9.86. The first-order valence-electron chi connectivity index (χ1n) is 11.4. The van der Waals surface area contributed by atoms with Gasteiger partial charge in [-0.25, -0.2) is 13.8 Å². The zero-order valence-corrected chi connectivity index (χ0v) is 19.7. The predicted octanol–water partition coefficient (Wildman–Crippen LogP) is 4.13. The molecule has 0 bridgehead atoms. The van der Waals surface area contributed by atoms with Crippen LogP contribution in [0.15, 0.2) is 60.0 Å². The van der Waals surface area contributed by atoms with Gasteiger partial charge in [-0.05, 0) is 42.3 Å². The van der Waals surface area contributed by atoms with Gasteiger partial charge in [0.15, 0.2) is 0 Å². The van der Waals surface area contributed by atoms with Gasteiger partial charge in [0.25, 0.3) is 0 Å². The van der Waals surface area contributed by atoms with Gasteiger partial charge in [0.05, 0.1) is 5.71 Å². The average molecular weight is 480 g/mol. The van der Waals surface area contributed by atoms with E-state index in [4.69, 9.17) is 0 Å². The van der Waals surface area contributed by atoms with E-state index in [1.54, 1.807) is 36.4 Å². The number of aromatic nitrogens is 2. The van der Waals surface area contributed by atoms with Crippen LogP contribution in [0.25, 0.3) is 0 Å². The van der Waals surface area contributed by atoms with Crippen molar-refractivity contribution in [3.05, 3.63) is 88.9 Å². The van der Waals surface area contributed by atoms with E-state index in [1.807, 2.05) is 19.1 Å². The number of pyridine rings is 2. The van der Waals surface area contributed by atoms with Crippen LogP contribution >= 0.6 is 0 Å². The van der Waals surface area contributed by atoms with Crippen molar-refractivity contribution in [2.24, 2.45) is 5.16 Å². The minimum atomic E-state index is -0.678. The molecule has 1 unspecified atom stereocenters. The lowest BCUT2D eigenvalue weighted by molar-refractivity contribution is -0.129. The van der Waals surface area contributed by atoms with Crippen molar-refractivity contribution in [3.63, 3.8) is 0 Å². The Morgan fingerprint density at radius 2 is 1.86 bits per heavy atom. The molecule has 1 aliphatic rings. The van der Waals surface area contributed by atoms with Crippen LogP contribution in [-0.4, -0.2) is 57.9 Å². The lowest BCUT2D eigenvalue weighted by Gasteiger charge is -2.35. The first-order chi connectivity index (χ1) is 16.9. The maximum Gasteiger partial charge on any atom is 0.219 e. The predicted molar refractivity (Wildman–Crippen MR) is 129 cm³/mol. The van der Waals surface area contributed by atoms with Gasteiger partial charge in [0, 0.05) is 75.2 Å². The first-order valence-corrected chi connectivity index (χ1v) is 11.4. The quantitative estimate of drug-likeness (QED) is 0.327. The summed E-state index contributed by atoms with van der Waals surface area (Å²) < 4.78 is 28.5. The molecule has 0 spiro atoms. The summed E-state index contributed by atoms with van der Waals surface area (Å²) >= 11 is 0. The van der Waals surface area contributed by atoms with Gasteiger partial charge in [0.2, 0.25) is 5.91 Å². The number of hydrogen-bond acceptors (Lipinski definition) is 6. The summed E-state index contributed by atoms with van der Waals surface area (Å²) in [5, 5.41) is 13.2. The molecule has 0 aliphatic carbocycles. The van der Waals surface area contributed by atoms with Crippen LogP contribution in [0, 0.1) is 18.6 Å². The summed E-state index contributed by atoms with van der Waals surface area (Å²) in [5.41, 5.74) is 2.76. The van der Waals surface area contributed by atoms with E-state index in [2.05, 4.69) is 20.0 Å². The molecule has 1 N–H and O–H groups in total. The van der Waals surface area contributed by atoms with Crippen molar-refractivity contribution < 1.29 is 18.8 Å². The number of carbonyl (C=O) groups is 1. The number of amides is 1. The second-order valence-corrected chi connectivity index (χ2v) is 8.60. The number of piperazine rings is 1. The van der Waals surface area contributed by atoms with E-state index in [1.165, 1.54) is 12.1 Å². The van der Waals surface area contributed by atoms with E-state index in [0.717, 1.165) is 17.6 Å². The van der Waals surface area contributed by atoms with Gasteiger partial charge in [-0.2, -0.15) is 0 Å². The molecule has 9 heteroatoms. The Labute approximate surface area is 202 Å². The summed E-state index contributed by atoms with van der Waals surface area (Å²) in [7, 11) is 0. The third-order valence-corrected chi connectivity index (χ3v) is 6.31. The van der Waals surface area contributed by atoms with Crippen LogP contribution in [0.1, 0.15) is 41.6 Å². The molecule has 3 aromatic rings. The third-order valence-electron chi connectivity index (χ3n) is 6.31. The minimum Gasteiger partial charge on any atom is -0.411 e. The van der Waals surface area contributed by atoms with Crippen LogP contribution in [0.4, 0.5) is 14.6 Å². The number of nitrogens with zero attached hydrogens (tertiary/aromatic N) is 5. The molecular formula is C26H27F2N5O2. The van der Waals surface area contributed by atoms with Crippen molar-refractivity contribution in [2.45, 2.75) is 26.2 Å². The van der Waals surface area contributed by atoms with E-state index in [-0.39, 0.29) is 17.9 Å². The fourth-order valence-corrected chi connectivity index (χ4v) is 4.37. The maximum atomic E-state index is 14.9. The van der Waals surface area contributed by atoms with Gasteiger partial charge in [0.1, 0.15) is 17.5 Å². The summed E-state index contributed by atoms with van der Waals surface area (Å²) in [4.78, 5) is 24.2. The number of anilines is 1. The molecule has 4 rings (SSSR count). The molecule has 2 aromatic heterocycles. The normalized spacial score (nSPS) is 15.3. The standard InChI is InChI=1S/C26H27F2N5O2/c1-17-13-19(7-8-29-17)25(31-35)15-23(22-5-4-21(27)14-24(22)28)20-3-6-26(30-16-20)33-11-9-32(10-12-33)18(2)34/h3-8,13-14,16,23,35H,9-12,15H2,1-2H3/b31-25+. The molecule has 7 nitrogen and oxygen atoms in total. The Kier molecular flexibility index (Phi) is 7.33. The van der Waals surface area contributed by atoms with Gasteiger partial charge in [-0.3, -0.25) is 9.78 Å². The summed E-state index contributed by atoms with van der Waals surface area (Å²) in [6, 6.07) is 10.7. The molecule has 1 aromatic carbocycles. The Balaban J connectivity index is 1.63. The third kappa shape index (κ3) is 5.62. The van der Waals surface area contributed by atoms with Crippen LogP contribution in [-0.2, 0) is 4.79 Å². The summed E-state index contributed by atoms with van der Waals surface area (Å²) in [5.74, 6) is -1.09. The highest BCUT2D eigenvalue weighted by atomic mass is 19.1. The van der Waals surface area contributed by atoms with Gasteiger partial charge in [-0.1, -0.05) is 17.3 Å². The molecule has 1 atom stereocenters. The highest BCUT2D eigenvalue weighted by molar-refractivity contribution is 6.00. The lowest BCUT2D eigenvalue weighted by Crippen LogP contribution is -2.48. The number of oxime groups is 1.